The van der Waals surface area contributed by atoms with Gasteiger partial charge in [-0.3, -0.25) is 0 Å². The van der Waals surface area contributed by atoms with Gasteiger partial charge in [0.1, 0.15) is 11.0 Å². The molecule has 0 heterocycles. The molecule has 1 saturated carbocycles. The zero-order chi connectivity index (χ0) is 14.9. The van der Waals surface area contributed by atoms with Crippen molar-refractivity contribution in [2.75, 3.05) is 7.11 Å². The summed E-state index contributed by atoms with van der Waals surface area (Å²) in [6.07, 6.45) is 5.91. The molecule has 0 amide bonds. The molecule has 0 aromatic heterocycles. The van der Waals surface area contributed by atoms with Crippen LogP contribution in [0.2, 0.25) is 0 Å². The maximum absolute atomic E-state index is 11.5. The molecule has 3 nitrogen and oxygen atoms in total. The Labute approximate surface area is 126 Å². The van der Waals surface area contributed by atoms with Crippen LogP contribution in [0.3, 0.4) is 0 Å². The first-order valence-corrected chi connectivity index (χ1v) is 7.93. The van der Waals surface area contributed by atoms with Gasteiger partial charge in [0.2, 0.25) is 0 Å². The minimum atomic E-state index is -1.08. The van der Waals surface area contributed by atoms with E-state index in [1.54, 1.807) is 7.11 Å². The molecule has 0 bridgehead atoms. The second-order valence-electron chi connectivity index (χ2n) is 6.42. The van der Waals surface area contributed by atoms with Crippen LogP contribution in [0.1, 0.15) is 49.7 Å². The average Bonchev–Trinajstić information content (AvgIpc) is 2.54. The van der Waals surface area contributed by atoms with Gasteiger partial charge in [-0.2, -0.15) is 5.26 Å². The Kier molecular flexibility index (Phi) is 3.77. The Bertz CT molecular complexity index is 565. The molecule has 3 heteroatoms. The van der Waals surface area contributed by atoms with Crippen LogP contribution >= 0.6 is 0 Å². The minimum Gasteiger partial charge on any atom is -0.385 e. The van der Waals surface area contributed by atoms with Crippen LogP contribution in [0, 0.1) is 11.3 Å². The van der Waals surface area contributed by atoms with Gasteiger partial charge in [-0.1, -0.05) is 37.1 Å². The molecule has 2 aliphatic rings. The van der Waals surface area contributed by atoms with E-state index >= 15 is 0 Å². The number of ether oxygens (including phenoxy) is 1. The summed E-state index contributed by atoms with van der Waals surface area (Å²) in [5.74, 6) is 0. The lowest BCUT2D eigenvalue weighted by atomic mass is 9.56. The van der Waals surface area contributed by atoms with Crippen molar-refractivity contribution in [2.45, 2.75) is 62.1 Å². The number of aryl methyl sites for hydroxylation is 1. The molecule has 21 heavy (non-hydrogen) atoms. The van der Waals surface area contributed by atoms with Gasteiger partial charge in [0.25, 0.3) is 0 Å². The third kappa shape index (κ3) is 2.01. The first kappa shape index (κ1) is 14.6. The number of hydrogen-bond acceptors (Lipinski definition) is 3. The molecule has 1 fully saturated rings. The number of hydrogen-bond donors (Lipinski definition) is 1. The van der Waals surface area contributed by atoms with Gasteiger partial charge in [-0.15, -0.1) is 0 Å². The molecular formula is C18H23NO2. The lowest BCUT2D eigenvalue weighted by Crippen LogP contribution is -2.61. The summed E-state index contributed by atoms with van der Waals surface area (Å²) in [6, 6.07) is 10.6. The molecule has 3 rings (SSSR count). The second-order valence-corrected chi connectivity index (χ2v) is 6.42. The fraction of sp³-hybridized carbons (Fsp3) is 0.611. The molecule has 2 aliphatic carbocycles. The number of nitriles is 1. The Morgan fingerprint density at radius 1 is 1.24 bits per heavy atom. The van der Waals surface area contributed by atoms with Gasteiger partial charge in [-0.25, -0.2) is 0 Å². The lowest BCUT2D eigenvalue weighted by Gasteiger charge is -2.51. The number of methoxy groups -OCH3 is 1. The Morgan fingerprint density at radius 3 is 2.81 bits per heavy atom. The van der Waals surface area contributed by atoms with E-state index in [2.05, 4.69) is 12.1 Å². The fourth-order valence-corrected chi connectivity index (χ4v) is 4.42. The SMILES string of the molecule is COC1CCCCC1(O)C1(C#N)CCCc2ccccc21. The summed E-state index contributed by atoms with van der Waals surface area (Å²) in [7, 11) is 1.65. The van der Waals surface area contributed by atoms with Crippen molar-refractivity contribution in [1.82, 2.24) is 0 Å². The number of fused-ring (bicyclic) bond motifs is 1. The summed E-state index contributed by atoms with van der Waals surface area (Å²) in [6.45, 7) is 0. The Morgan fingerprint density at radius 2 is 2.05 bits per heavy atom. The van der Waals surface area contributed by atoms with E-state index in [1.807, 2.05) is 18.2 Å². The predicted molar refractivity (Wildman–Crippen MR) is 80.9 cm³/mol. The van der Waals surface area contributed by atoms with Crippen LogP contribution in [-0.2, 0) is 16.6 Å². The summed E-state index contributed by atoms with van der Waals surface area (Å²) in [5.41, 5.74) is 0.318. The molecule has 0 spiro atoms. The molecular weight excluding hydrogens is 262 g/mol. The third-order valence-electron chi connectivity index (χ3n) is 5.50. The van der Waals surface area contributed by atoms with Crippen molar-refractivity contribution in [3.63, 3.8) is 0 Å². The van der Waals surface area contributed by atoms with Crippen molar-refractivity contribution in [1.29, 1.82) is 5.26 Å². The predicted octanol–water partition coefficient (Wildman–Crippen LogP) is 3.10. The van der Waals surface area contributed by atoms with Crippen LogP contribution in [0.25, 0.3) is 0 Å². The summed E-state index contributed by atoms with van der Waals surface area (Å²) >= 11 is 0. The van der Waals surface area contributed by atoms with E-state index in [4.69, 9.17) is 4.74 Å². The molecule has 1 aromatic carbocycles. The third-order valence-corrected chi connectivity index (χ3v) is 5.50. The van der Waals surface area contributed by atoms with Crippen molar-refractivity contribution in [3.8, 4) is 6.07 Å². The van der Waals surface area contributed by atoms with E-state index in [0.29, 0.717) is 6.42 Å². The standard InChI is InChI=1S/C18H23NO2/c1-21-16-10-4-5-12-18(16,20)17(13-19)11-6-8-14-7-2-3-9-15(14)17/h2-3,7,9,16,20H,4-6,8,10-12H2,1H3. The molecule has 0 saturated heterocycles. The number of aliphatic hydroxyl groups is 1. The zero-order valence-electron chi connectivity index (χ0n) is 12.6. The van der Waals surface area contributed by atoms with Crippen LogP contribution < -0.4 is 0 Å². The minimum absolute atomic E-state index is 0.253. The van der Waals surface area contributed by atoms with E-state index in [1.165, 1.54) is 5.56 Å². The van der Waals surface area contributed by atoms with E-state index in [0.717, 1.165) is 44.1 Å². The summed E-state index contributed by atoms with van der Waals surface area (Å²) in [4.78, 5) is 0. The van der Waals surface area contributed by atoms with Gasteiger partial charge in [0.05, 0.1) is 12.2 Å². The van der Waals surface area contributed by atoms with Crippen molar-refractivity contribution < 1.29 is 9.84 Å². The molecule has 0 aliphatic heterocycles. The Balaban J connectivity index is 2.15. The van der Waals surface area contributed by atoms with Crippen LogP contribution in [0.15, 0.2) is 24.3 Å². The van der Waals surface area contributed by atoms with Crippen molar-refractivity contribution in [3.05, 3.63) is 35.4 Å². The maximum Gasteiger partial charge on any atom is 0.114 e. The van der Waals surface area contributed by atoms with Crippen LogP contribution in [0.5, 0.6) is 0 Å². The van der Waals surface area contributed by atoms with E-state index in [9.17, 15) is 10.4 Å². The van der Waals surface area contributed by atoms with E-state index in [-0.39, 0.29) is 6.10 Å². The fourth-order valence-electron chi connectivity index (χ4n) is 4.42. The monoisotopic (exact) mass is 285 g/mol. The van der Waals surface area contributed by atoms with Gasteiger partial charge in [-0.05, 0) is 43.2 Å². The van der Waals surface area contributed by atoms with Gasteiger partial charge in [0.15, 0.2) is 0 Å². The first-order valence-electron chi connectivity index (χ1n) is 7.93. The second kappa shape index (κ2) is 5.44. The highest BCUT2D eigenvalue weighted by atomic mass is 16.5. The van der Waals surface area contributed by atoms with Gasteiger partial charge < -0.3 is 9.84 Å². The zero-order valence-corrected chi connectivity index (χ0v) is 12.6. The molecule has 3 unspecified atom stereocenters. The topological polar surface area (TPSA) is 53.2 Å². The molecule has 112 valence electrons. The highest BCUT2D eigenvalue weighted by Gasteiger charge is 2.58. The Hall–Kier alpha value is -1.37. The average molecular weight is 285 g/mol. The number of nitrogens with zero attached hydrogens (tertiary/aromatic N) is 1. The maximum atomic E-state index is 11.5. The van der Waals surface area contributed by atoms with Crippen molar-refractivity contribution in [2.24, 2.45) is 0 Å². The molecule has 0 radical (unpaired) electrons. The highest BCUT2D eigenvalue weighted by molar-refractivity contribution is 5.45. The van der Waals surface area contributed by atoms with E-state index < -0.39 is 11.0 Å². The van der Waals surface area contributed by atoms with Gasteiger partial charge in [0, 0.05) is 7.11 Å². The smallest absolute Gasteiger partial charge is 0.114 e. The quantitative estimate of drug-likeness (QED) is 0.908. The number of rotatable bonds is 2. The molecule has 1 aromatic rings. The largest absolute Gasteiger partial charge is 0.385 e. The van der Waals surface area contributed by atoms with Crippen LogP contribution in [0.4, 0.5) is 0 Å². The lowest BCUT2D eigenvalue weighted by molar-refractivity contribution is -0.151. The molecule has 1 N–H and O–H groups in total. The summed E-state index contributed by atoms with van der Waals surface area (Å²) < 4.78 is 5.60. The van der Waals surface area contributed by atoms with Crippen LogP contribution in [-0.4, -0.2) is 23.9 Å². The van der Waals surface area contributed by atoms with Crippen molar-refractivity contribution >= 4 is 0 Å². The molecule has 3 atom stereocenters. The normalized spacial score (nSPS) is 35.8. The highest BCUT2D eigenvalue weighted by Crippen LogP contribution is 2.51. The number of benzene rings is 1. The first-order chi connectivity index (χ1) is 10.2. The summed E-state index contributed by atoms with van der Waals surface area (Å²) in [5, 5.41) is 21.6. The van der Waals surface area contributed by atoms with Gasteiger partial charge >= 0.3 is 0 Å².